The lowest BCUT2D eigenvalue weighted by Gasteiger charge is -2.27. The molecule has 6 nitrogen and oxygen atoms in total. The van der Waals surface area contributed by atoms with E-state index < -0.39 is 0 Å². The fourth-order valence-corrected chi connectivity index (χ4v) is 3.71. The van der Waals surface area contributed by atoms with Crippen LogP contribution in [0.1, 0.15) is 27.5 Å². The van der Waals surface area contributed by atoms with Gasteiger partial charge in [0.05, 0.1) is 24.8 Å². The van der Waals surface area contributed by atoms with Crippen molar-refractivity contribution in [1.82, 2.24) is 14.8 Å². The Hall–Kier alpha value is -3.28. The summed E-state index contributed by atoms with van der Waals surface area (Å²) in [5.41, 5.74) is 3.37. The van der Waals surface area contributed by atoms with E-state index in [9.17, 15) is 4.79 Å². The fourth-order valence-electron chi connectivity index (χ4n) is 3.71. The third-order valence-corrected chi connectivity index (χ3v) is 4.86. The zero-order chi connectivity index (χ0) is 17.0. The van der Waals surface area contributed by atoms with Gasteiger partial charge in [0.2, 0.25) is 5.95 Å². The van der Waals surface area contributed by atoms with Crippen LogP contribution in [0, 0.1) is 5.92 Å². The number of methoxy groups -OCH3 is 1. The maximum Gasteiger partial charge on any atom is 0.248 e. The summed E-state index contributed by atoms with van der Waals surface area (Å²) in [5, 5.41) is 4.33. The van der Waals surface area contributed by atoms with Crippen molar-refractivity contribution in [3.8, 4) is 5.75 Å². The number of benzene rings is 2. The molecule has 1 aliphatic carbocycles. The van der Waals surface area contributed by atoms with Crippen molar-refractivity contribution in [2.24, 2.45) is 10.9 Å². The minimum absolute atomic E-state index is 0.0799. The zero-order valence-corrected chi connectivity index (χ0v) is 13.5. The largest absolute Gasteiger partial charge is 0.497 e. The molecule has 122 valence electrons. The molecule has 2 aromatic carbocycles. The van der Waals surface area contributed by atoms with Gasteiger partial charge in [-0.25, -0.2) is 9.67 Å². The maximum absolute atomic E-state index is 13.1. The molecule has 5 rings (SSSR count). The van der Waals surface area contributed by atoms with E-state index in [0.29, 0.717) is 5.95 Å². The van der Waals surface area contributed by atoms with Crippen LogP contribution in [0.25, 0.3) is 0 Å². The molecule has 2 heterocycles. The van der Waals surface area contributed by atoms with E-state index in [1.165, 1.54) is 6.33 Å². The minimum Gasteiger partial charge on any atom is -0.497 e. The number of fused-ring (bicyclic) bond motifs is 4. The molecule has 3 aromatic rings. The molecule has 0 spiro atoms. The second kappa shape index (κ2) is 5.11. The minimum atomic E-state index is -0.389. The lowest BCUT2D eigenvalue weighted by Crippen LogP contribution is -2.32. The van der Waals surface area contributed by atoms with Crippen LogP contribution in [-0.2, 0) is 0 Å². The molecule has 2 atom stereocenters. The zero-order valence-electron chi connectivity index (χ0n) is 13.5. The molecular weight excluding hydrogens is 316 g/mol. The highest BCUT2D eigenvalue weighted by atomic mass is 16.5. The van der Waals surface area contributed by atoms with E-state index in [2.05, 4.69) is 15.1 Å². The number of rotatable bonds is 2. The van der Waals surface area contributed by atoms with Gasteiger partial charge in [-0.1, -0.05) is 36.4 Å². The summed E-state index contributed by atoms with van der Waals surface area (Å²) in [5.74, 6) is 0.987. The molecule has 1 aromatic heterocycles. The highest BCUT2D eigenvalue weighted by Crippen LogP contribution is 2.43. The standard InChI is InChI=1S/C19H14N4O2/c1-25-12-8-6-11(7-9-12)17-15-16(22-19-20-10-21-23(17)19)13-4-2-3-5-14(13)18(15)24/h2-10,15,17H,1H3/t15-,17-/m0/s1. The molecule has 2 aliphatic rings. The second-order valence-corrected chi connectivity index (χ2v) is 6.11. The number of hydrogen-bond acceptors (Lipinski definition) is 5. The van der Waals surface area contributed by atoms with Crippen LogP contribution in [0.3, 0.4) is 0 Å². The highest BCUT2D eigenvalue weighted by molar-refractivity contribution is 6.29. The number of Topliss-reactive ketones (excluding diaryl/α,β-unsaturated/α-hetero) is 1. The molecule has 0 saturated heterocycles. The second-order valence-electron chi connectivity index (χ2n) is 6.11. The van der Waals surface area contributed by atoms with Gasteiger partial charge in [-0.2, -0.15) is 10.1 Å². The van der Waals surface area contributed by atoms with E-state index >= 15 is 0 Å². The number of carbonyl (C=O) groups excluding carboxylic acids is 1. The molecular formula is C19H14N4O2. The van der Waals surface area contributed by atoms with Crippen molar-refractivity contribution in [1.29, 1.82) is 0 Å². The van der Waals surface area contributed by atoms with Crippen molar-refractivity contribution in [2.75, 3.05) is 7.11 Å². The van der Waals surface area contributed by atoms with Crippen LogP contribution in [0.5, 0.6) is 5.75 Å². The van der Waals surface area contributed by atoms with Crippen LogP contribution in [-0.4, -0.2) is 33.4 Å². The van der Waals surface area contributed by atoms with Crippen LogP contribution < -0.4 is 4.74 Å². The molecule has 1 aliphatic heterocycles. The average molecular weight is 330 g/mol. The lowest BCUT2D eigenvalue weighted by molar-refractivity contribution is 0.0938. The Kier molecular flexibility index (Phi) is 2.88. The topological polar surface area (TPSA) is 69.4 Å². The summed E-state index contributed by atoms with van der Waals surface area (Å²) in [4.78, 5) is 22.0. The van der Waals surface area contributed by atoms with Crippen molar-refractivity contribution in [3.05, 3.63) is 71.5 Å². The normalized spacial score (nSPS) is 20.5. The van der Waals surface area contributed by atoms with Gasteiger partial charge < -0.3 is 4.74 Å². The summed E-state index contributed by atoms with van der Waals surface area (Å²) in [7, 11) is 1.63. The average Bonchev–Trinajstić information content (AvgIpc) is 3.24. The number of hydrogen-bond donors (Lipinski definition) is 0. The third kappa shape index (κ3) is 1.91. The lowest BCUT2D eigenvalue weighted by atomic mass is 9.87. The van der Waals surface area contributed by atoms with Crippen LogP contribution in [0.2, 0.25) is 0 Å². The van der Waals surface area contributed by atoms with Crippen molar-refractivity contribution < 1.29 is 9.53 Å². The quantitative estimate of drug-likeness (QED) is 0.724. The van der Waals surface area contributed by atoms with Crippen molar-refractivity contribution in [3.63, 3.8) is 0 Å². The first-order chi connectivity index (χ1) is 12.3. The summed E-state index contributed by atoms with van der Waals surface area (Å²) in [6, 6.07) is 15.1. The van der Waals surface area contributed by atoms with Crippen LogP contribution in [0.4, 0.5) is 5.95 Å². The van der Waals surface area contributed by atoms with E-state index in [1.54, 1.807) is 11.8 Å². The Morgan fingerprint density at radius 2 is 1.80 bits per heavy atom. The smallest absolute Gasteiger partial charge is 0.248 e. The predicted octanol–water partition coefficient (Wildman–Crippen LogP) is 2.82. The van der Waals surface area contributed by atoms with Gasteiger partial charge in [0.1, 0.15) is 12.1 Å². The number of ketones is 1. The number of aromatic nitrogens is 3. The van der Waals surface area contributed by atoms with E-state index in [0.717, 1.165) is 28.2 Å². The fraction of sp³-hybridized carbons (Fsp3) is 0.158. The van der Waals surface area contributed by atoms with Gasteiger partial charge >= 0.3 is 0 Å². The number of carbonyl (C=O) groups is 1. The Morgan fingerprint density at radius 3 is 2.56 bits per heavy atom. The molecule has 0 saturated carbocycles. The summed E-state index contributed by atoms with van der Waals surface area (Å²) in [6.07, 6.45) is 1.48. The molecule has 0 unspecified atom stereocenters. The predicted molar refractivity (Wildman–Crippen MR) is 91.6 cm³/mol. The molecule has 0 N–H and O–H groups in total. The monoisotopic (exact) mass is 330 g/mol. The number of nitrogens with zero attached hydrogens (tertiary/aromatic N) is 4. The first-order valence-electron chi connectivity index (χ1n) is 8.03. The SMILES string of the molecule is COc1ccc([C@H]2[C@H]3C(=O)c4ccccc4C3=Nc3ncnn32)cc1. The molecule has 0 bridgehead atoms. The Morgan fingerprint density at radius 1 is 1.04 bits per heavy atom. The Labute approximate surface area is 143 Å². The van der Waals surface area contributed by atoms with Gasteiger partial charge in [-0.3, -0.25) is 4.79 Å². The van der Waals surface area contributed by atoms with Gasteiger partial charge in [0.25, 0.3) is 0 Å². The van der Waals surface area contributed by atoms with Crippen molar-refractivity contribution in [2.45, 2.75) is 6.04 Å². The number of aliphatic imine (C=N–C) groups is 1. The Bertz CT molecular complexity index is 1020. The van der Waals surface area contributed by atoms with Crippen LogP contribution >= 0.6 is 0 Å². The molecule has 0 amide bonds. The molecule has 6 heteroatoms. The highest BCUT2D eigenvalue weighted by Gasteiger charge is 2.46. The molecule has 0 fully saturated rings. The van der Waals surface area contributed by atoms with E-state index in [1.807, 2.05) is 48.5 Å². The number of ether oxygens (including phenoxy) is 1. The van der Waals surface area contributed by atoms with Gasteiger partial charge in [-0.05, 0) is 17.7 Å². The Balaban J connectivity index is 1.72. The molecule has 25 heavy (non-hydrogen) atoms. The molecule has 0 radical (unpaired) electrons. The van der Waals surface area contributed by atoms with Gasteiger partial charge in [0.15, 0.2) is 5.78 Å². The third-order valence-electron chi connectivity index (χ3n) is 4.86. The first-order valence-corrected chi connectivity index (χ1v) is 8.03. The van der Waals surface area contributed by atoms with E-state index in [4.69, 9.17) is 4.74 Å². The van der Waals surface area contributed by atoms with Crippen molar-refractivity contribution >= 4 is 17.4 Å². The maximum atomic E-state index is 13.1. The summed E-state index contributed by atoms with van der Waals surface area (Å²) in [6.45, 7) is 0. The van der Waals surface area contributed by atoms with Gasteiger partial charge in [0, 0.05) is 11.1 Å². The van der Waals surface area contributed by atoms with Gasteiger partial charge in [-0.15, -0.1) is 0 Å². The van der Waals surface area contributed by atoms with E-state index in [-0.39, 0.29) is 17.7 Å². The van der Waals surface area contributed by atoms with Crippen LogP contribution in [0.15, 0.2) is 59.9 Å². The summed E-state index contributed by atoms with van der Waals surface area (Å²) < 4.78 is 6.98. The summed E-state index contributed by atoms with van der Waals surface area (Å²) >= 11 is 0. The first kappa shape index (κ1) is 14.1.